The first kappa shape index (κ1) is 22.7. The highest BCUT2D eigenvalue weighted by molar-refractivity contribution is 7.89. The van der Waals surface area contributed by atoms with Crippen molar-refractivity contribution in [1.82, 2.24) is 9.62 Å². The molecule has 0 aliphatic rings. The van der Waals surface area contributed by atoms with E-state index >= 15 is 0 Å². The monoisotopic (exact) mass is 439 g/mol. The SMILES string of the molecule is CN(C)C(=O)COc1ccc(NC(=O)CCNS(=O)(=O)c2ccc(Cl)cc2)cc1. The second-order valence-corrected chi connectivity index (χ2v) is 8.45. The van der Waals surface area contributed by atoms with Gasteiger partial charge >= 0.3 is 0 Å². The Morgan fingerprint density at radius 2 is 1.66 bits per heavy atom. The molecule has 2 N–H and O–H groups in total. The molecule has 0 unspecified atom stereocenters. The first-order chi connectivity index (χ1) is 13.7. The van der Waals surface area contributed by atoms with E-state index in [1.165, 1.54) is 29.2 Å². The normalized spacial score (nSPS) is 11.0. The Kier molecular flexibility index (Phi) is 8.00. The number of halogens is 1. The predicted octanol–water partition coefficient (Wildman–Crippen LogP) is 2.11. The summed E-state index contributed by atoms with van der Waals surface area (Å²) in [6.45, 7) is -0.128. The van der Waals surface area contributed by atoms with Crippen LogP contribution >= 0.6 is 11.6 Å². The number of hydrogen-bond acceptors (Lipinski definition) is 5. The van der Waals surface area contributed by atoms with Crippen molar-refractivity contribution < 1.29 is 22.7 Å². The molecule has 0 bridgehead atoms. The number of ether oxygens (including phenoxy) is 1. The number of hydrogen-bond donors (Lipinski definition) is 2. The zero-order valence-electron chi connectivity index (χ0n) is 16.0. The average molecular weight is 440 g/mol. The number of nitrogens with one attached hydrogen (secondary N) is 2. The van der Waals surface area contributed by atoms with Crippen molar-refractivity contribution in [2.75, 3.05) is 32.6 Å². The lowest BCUT2D eigenvalue weighted by atomic mass is 10.3. The topological polar surface area (TPSA) is 105 Å². The standard InChI is InChI=1S/C19H22ClN3O5S/c1-23(2)19(25)13-28-16-7-5-15(6-8-16)22-18(24)11-12-21-29(26,27)17-9-3-14(20)4-10-17/h3-10,21H,11-13H2,1-2H3,(H,22,24). The van der Waals surface area contributed by atoms with Crippen LogP contribution in [0, 0.1) is 0 Å². The van der Waals surface area contributed by atoms with E-state index in [0.717, 1.165) is 0 Å². The molecule has 0 radical (unpaired) electrons. The molecule has 0 aliphatic carbocycles. The summed E-state index contributed by atoms with van der Waals surface area (Å²) in [4.78, 5) is 25.0. The van der Waals surface area contributed by atoms with E-state index in [9.17, 15) is 18.0 Å². The summed E-state index contributed by atoms with van der Waals surface area (Å²) < 4.78 is 32.0. The van der Waals surface area contributed by atoms with Crippen molar-refractivity contribution in [3.8, 4) is 5.75 Å². The number of benzene rings is 2. The third kappa shape index (κ3) is 7.37. The van der Waals surface area contributed by atoms with Gasteiger partial charge in [0.15, 0.2) is 6.61 Å². The van der Waals surface area contributed by atoms with E-state index in [1.807, 2.05) is 0 Å². The van der Waals surface area contributed by atoms with E-state index in [4.69, 9.17) is 16.3 Å². The van der Waals surface area contributed by atoms with E-state index < -0.39 is 10.0 Å². The van der Waals surface area contributed by atoms with Crippen molar-refractivity contribution in [3.05, 3.63) is 53.6 Å². The minimum absolute atomic E-state index is 0.0393. The van der Waals surface area contributed by atoms with E-state index in [1.54, 1.807) is 38.4 Å². The molecule has 29 heavy (non-hydrogen) atoms. The summed E-state index contributed by atoms with van der Waals surface area (Å²) in [6, 6.07) is 12.3. The van der Waals surface area contributed by atoms with Crippen LogP contribution in [0.1, 0.15) is 6.42 Å². The third-order valence-electron chi connectivity index (χ3n) is 3.77. The van der Waals surface area contributed by atoms with Gasteiger partial charge in [-0.2, -0.15) is 0 Å². The summed E-state index contributed by atoms with van der Waals surface area (Å²) in [5.74, 6) is -0.0161. The molecule has 10 heteroatoms. The largest absolute Gasteiger partial charge is 0.484 e. The lowest BCUT2D eigenvalue weighted by Crippen LogP contribution is -2.28. The molecular weight excluding hydrogens is 418 g/mol. The van der Waals surface area contributed by atoms with Gasteiger partial charge < -0.3 is 15.0 Å². The molecule has 0 saturated carbocycles. The van der Waals surface area contributed by atoms with E-state index in [0.29, 0.717) is 16.5 Å². The van der Waals surface area contributed by atoms with Gasteiger partial charge in [-0.3, -0.25) is 9.59 Å². The van der Waals surface area contributed by atoms with Gasteiger partial charge in [0.25, 0.3) is 5.91 Å². The van der Waals surface area contributed by atoms with Crippen LogP contribution in [0.2, 0.25) is 5.02 Å². The second kappa shape index (κ2) is 10.2. The van der Waals surface area contributed by atoms with Gasteiger partial charge in [-0.05, 0) is 48.5 Å². The van der Waals surface area contributed by atoms with Crippen LogP contribution in [0.5, 0.6) is 5.75 Å². The van der Waals surface area contributed by atoms with Crippen molar-refractivity contribution >= 4 is 39.1 Å². The van der Waals surface area contributed by atoms with Crippen LogP contribution in [-0.2, 0) is 19.6 Å². The summed E-state index contributed by atoms with van der Waals surface area (Å²) in [7, 11) is -0.429. The summed E-state index contributed by atoms with van der Waals surface area (Å²) >= 11 is 5.75. The van der Waals surface area contributed by atoms with Crippen LogP contribution in [0.15, 0.2) is 53.4 Å². The first-order valence-corrected chi connectivity index (χ1v) is 10.5. The fourth-order valence-electron chi connectivity index (χ4n) is 2.13. The van der Waals surface area contributed by atoms with Crippen LogP contribution in [0.25, 0.3) is 0 Å². The number of sulfonamides is 1. The van der Waals surface area contributed by atoms with Gasteiger partial charge in [-0.25, -0.2) is 13.1 Å². The third-order valence-corrected chi connectivity index (χ3v) is 5.50. The number of nitrogens with zero attached hydrogens (tertiary/aromatic N) is 1. The molecule has 0 saturated heterocycles. The molecule has 2 rings (SSSR count). The smallest absolute Gasteiger partial charge is 0.259 e. The second-order valence-electron chi connectivity index (χ2n) is 6.25. The first-order valence-electron chi connectivity index (χ1n) is 8.65. The van der Waals surface area contributed by atoms with Crippen molar-refractivity contribution in [2.24, 2.45) is 0 Å². The number of amides is 2. The highest BCUT2D eigenvalue weighted by Crippen LogP contribution is 2.16. The number of carbonyl (C=O) groups is 2. The van der Waals surface area contributed by atoms with Gasteiger partial charge in [-0.1, -0.05) is 11.6 Å². The molecule has 2 amide bonds. The Morgan fingerprint density at radius 1 is 1.03 bits per heavy atom. The maximum atomic E-state index is 12.1. The van der Waals surface area contributed by atoms with E-state index in [2.05, 4.69) is 10.0 Å². The van der Waals surface area contributed by atoms with E-state index in [-0.39, 0.29) is 36.3 Å². The molecule has 0 atom stereocenters. The Morgan fingerprint density at radius 3 is 2.24 bits per heavy atom. The predicted molar refractivity (Wildman–Crippen MR) is 111 cm³/mol. The fraction of sp³-hybridized carbons (Fsp3) is 0.263. The number of likely N-dealkylation sites (N-methyl/N-ethyl adjacent to an activating group) is 1. The average Bonchev–Trinajstić information content (AvgIpc) is 2.67. The lowest BCUT2D eigenvalue weighted by molar-refractivity contribution is -0.130. The maximum absolute atomic E-state index is 12.1. The molecule has 2 aromatic carbocycles. The lowest BCUT2D eigenvalue weighted by Gasteiger charge is -2.12. The highest BCUT2D eigenvalue weighted by atomic mass is 35.5. The Balaban J connectivity index is 1.79. The quantitative estimate of drug-likeness (QED) is 0.622. The van der Waals surface area contributed by atoms with Gasteiger partial charge in [0.1, 0.15) is 5.75 Å². The summed E-state index contributed by atoms with van der Waals surface area (Å²) in [6.07, 6.45) is -0.0393. The molecule has 8 nitrogen and oxygen atoms in total. The molecule has 0 aliphatic heterocycles. The Hall–Kier alpha value is -2.62. The molecule has 156 valence electrons. The van der Waals surface area contributed by atoms with Crippen molar-refractivity contribution in [3.63, 3.8) is 0 Å². The van der Waals surface area contributed by atoms with Crippen LogP contribution in [0.4, 0.5) is 5.69 Å². The fourth-order valence-corrected chi connectivity index (χ4v) is 3.29. The van der Waals surface area contributed by atoms with Crippen LogP contribution < -0.4 is 14.8 Å². The zero-order valence-corrected chi connectivity index (χ0v) is 17.6. The van der Waals surface area contributed by atoms with Crippen molar-refractivity contribution in [1.29, 1.82) is 0 Å². The van der Waals surface area contributed by atoms with Gasteiger partial charge in [0.05, 0.1) is 4.90 Å². The maximum Gasteiger partial charge on any atom is 0.259 e. The molecule has 0 fully saturated rings. The number of rotatable bonds is 9. The Labute approximate surface area is 174 Å². The zero-order chi connectivity index (χ0) is 21.4. The minimum Gasteiger partial charge on any atom is -0.484 e. The molecule has 2 aromatic rings. The van der Waals surface area contributed by atoms with Gasteiger partial charge in [-0.15, -0.1) is 0 Å². The summed E-state index contributed by atoms with van der Waals surface area (Å²) in [5.41, 5.74) is 0.529. The molecule has 0 heterocycles. The minimum atomic E-state index is -3.71. The van der Waals surface area contributed by atoms with Crippen molar-refractivity contribution in [2.45, 2.75) is 11.3 Å². The molecule has 0 aromatic heterocycles. The number of carbonyl (C=O) groups excluding carboxylic acids is 2. The Bertz CT molecular complexity index is 945. The van der Waals surface area contributed by atoms with Crippen LogP contribution in [-0.4, -0.2) is 52.4 Å². The summed E-state index contributed by atoms with van der Waals surface area (Å²) in [5, 5.41) is 3.10. The molecule has 0 spiro atoms. The number of anilines is 1. The van der Waals surface area contributed by atoms with Gasteiger partial charge in [0.2, 0.25) is 15.9 Å². The van der Waals surface area contributed by atoms with Gasteiger partial charge in [0, 0.05) is 37.8 Å². The molecular formula is C19H22ClN3O5S. The highest BCUT2D eigenvalue weighted by Gasteiger charge is 2.14. The van der Waals surface area contributed by atoms with Crippen LogP contribution in [0.3, 0.4) is 0 Å².